The summed E-state index contributed by atoms with van der Waals surface area (Å²) in [5.74, 6) is 1.78. The molecule has 2 fully saturated rings. The fourth-order valence-electron chi connectivity index (χ4n) is 3.66. The van der Waals surface area contributed by atoms with E-state index in [1.54, 1.807) is 0 Å². The maximum Gasteiger partial charge on any atom is 0.0235 e. The number of hydrogen-bond donors (Lipinski definition) is 0. The topological polar surface area (TPSA) is 6.48 Å². The molecule has 0 aliphatic carbocycles. The molecule has 0 bridgehead atoms. The van der Waals surface area contributed by atoms with Crippen molar-refractivity contribution in [3.8, 4) is 0 Å². The average molecular weight is 238 g/mol. The van der Waals surface area contributed by atoms with Gasteiger partial charge in [-0.1, -0.05) is 13.8 Å². The fraction of sp³-hybridized carbons (Fsp3) is 1.00. The van der Waals surface area contributed by atoms with Gasteiger partial charge in [0, 0.05) is 37.8 Å². The molecule has 17 heavy (non-hydrogen) atoms. The molecule has 0 aromatic carbocycles. The van der Waals surface area contributed by atoms with Crippen LogP contribution in [-0.2, 0) is 0 Å². The predicted octanol–water partition coefficient (Wildman–Crippen LogP) is 2.84. The van der Waals surface area contributed by atoms with Gasteiger partial charge >= 0.3 is 0 Å². The zero-order chi connectivity index (χ0) is 12.6. The van der Waals surface area contributed by atoms with Gasteiger partial charge in [-0.25, -0.2) is 0 Å². The van der Waals surface area contributed by atoms with Gasteiger partial charge in [0.1, 0.15) is 0 Å². The maximum absolute atomic E-state index is 2.77. The molecule has 2 rings (SSSR count). The van der Waals surface area contributed by atoms with E-state index in [0.29, 0.717) is 5.54 Å². The molecule has 0 radical (unpaired) electrons. The van der Waals surface area contributed by atoms with Crippen molar-refractivity contribution < 1.29 is 0 Å². The highest BCUT2D eigenvalue weighted by Crippen LogP contribution is 2.28. The Labute approximate surface area is 107 Å². The van der Waals surface area contributed by atoms with E-state index in [0.717, 1.165) is 17.9 Å². The second-order valence-electron chi connectivity index (χ2n) is 7.46. The Kier molecular flexibility index (Phi) is 3.84. The summed E-state index contributed by atoms with van der Waals surface area (Å²) in [5, 5.41) is 0. The monoisotopic (exact) mass is 238 g/mol. The van der Waals surface area contributed by atoms with Crippen molar-refractivity contribution in [3.63, 3.8) is 0 Å². The highest BCUT2D eigenvalue weighted by atomic mass is 15.3. The molecule has 2 aliphatic rings. The van der Waals surface area contributed by atoms with Crippen LogP contribution in [0.25, 0.3) is 0 Å². The van der Waals surface area contributed by atoms with Crippen LogP contribution in [0.2, 0.25) is 0 Å². The van der Waals surface area contributed by atoms with Gasteiger partial charge in [-0.15, -0.1) is 0 Å². The number of rotatable bonds is 1. The van der Waals surface area contributed by atoms with Crippen molar-refractivity contribution in [2.45, 2.75) is 59.0 Å². The molecule has 1 unspecified atom stereocenters. The lowest BCUT2D eigenvalue weighted by molar-refractivity contribution is 0.0871. The molecular weight excluding hydrogens is 208 g/mol. The van der Waals surface area contributed by atoms with Crippen LogP contribution in [0.5, 0.6) is 0 Å². The Morgan fingerprint density at radius 2 is 1.53 bits per heavy atom. The first-order valence-corrected chi connectivity index (χ1v) is 7.35. The summed E-state index contributed by atoms with van der Waals surface area (Å²) in [7, 11) is 0. The summed E-state index contributed by atoms with van der Waals surface area (Å²) in [4.78, 5) is 5.42. The van der Waals surface area contributed by atoms with Crippen LogP contribution in [0.1, 0.15) is 47.5 Å². The van der Waals surface area contributed by atoms with E-state index in [2.05, 4.69) is 44.4 Å². The minimum absolute atomic E-state index is 0.349. The van der Waals surface area contributed by atoms with E-state index >= 15 is 0 Å². The van der Waals surface area contributed by atoms with Crippen molar-refractivity contribution in [2.75, 3.05) is 26.2 Å². The Morgan fingerprint density at radius 1 is 0.941 bits per heavy atom. The summed E-state index contributed by atoms with van der Waals surface area (Å²) in [5.41, 5.74) is 0.349. The largest absolute Gasteiger partial charge is 0.299 e. The van der Waals surface area contributed by atoms with Gasteiger partial charge in [-0.05, 0) is 45.4 Å². The number of nitrogens with zero attached hydrogens (tertiary/aromatic N) is 2. The van der Waals surface area contributed by atoms with Crippen LogP contribution in [0.3, 0.4) is 0 Å². The lowest BCUT2D eigenvalue weighted by Gasteiger charge is -2.39. The van der Waals surface area contributed by atoms with Gasteiger partial charge in [0.2, 0.25) is 0 Å². The van der Waals surface area contributed by atoms with Crippen LogP contribution in [-0.4, -0.2) is 47.6 Å². The number of hydrogen-bond acceptors (Lipinski definition) is 2. The molecular formula is C15H30N2. The molecule has 3 atom stereocenters. The highest BCUT2D eigenvalue weighted by molar-refractivity contribution is 4.91. The third-order valence-electron chi connectivity index (χ3n) is 4.53. The van der Waals surface area contributed by atoms with E-state index in [-0.39, 0.29) is 0 Å². The normalized spacial score (nSPS) is 37.6. The first-order chi connectivity index (χ1) is 7.86. The third kappa shape index (κ3) is 3.23. The molecule has 0 aromatic rings. The molecule has 2 nitrogen and oxygen atoms in total. The minimum atomic E-state index is 0.349. The van der Waals surface area contributed by atoms with Gasteiger partial charge in [-0.3, -0.25) is 9.80 Å². The minimum Gasteiger partial charge on any atom is -0.299 e. The SMILES string of the molecule is C[C@@H]1C[C@H](C)CN(C2CCN(C(C)(C)C)C2)C1. The Morgan fingerprint density at radius 3 is 2.00 bits per heavy atom. The zero-order valence-corrected chi connectivity index (χ0v) is 12.4. The first kappa shape index (κ1) is 13.4. The molecule has 2 saturated heterocycles. The van der Waals surface area contributed by atoms with Crippen LogP contribution in [0.4, 0.5) is 0 Å². The first-order valence-electron chi connectivity index (χ1n) is 7.35. The number of likely N-dealkylation sites (tertiary alicyclic amines) is 2. The summed E-state index contributed by atoms with van der Waals surface area (Å²) < 4.78 is 0. The lowest BCUT2D eigenvalue weighted by Crippen LogP contribution is -2.48. The molecule has 2 aliphatic heterocycles. The average Bonchev–Trinajstić information content (AvgIpc) is 2.63. The summed E-state index contributed by atoms with van der Waals surface area (Å²) in [6.07, 6.45) is 2.79. The molecule has 2 heteroatoms. The highest BCUT2D eigenvalue weighted by Gasteiger charge is 2.35. The van der Waals surface area contributed by atoms with Gasteiger partial charge < -0.3 is 0 Å². The molecule has 0 aromatic heterocycles. The van der Waals surface area contributed by atoms with Gasteiger partial charge in [-0.2, -0.15) is 0 Å². The van der Waals surface area contributed by atoms with Gasteiger partial charge in [0.15, 0.2) is 0 Å². The molecule has 100 valence electrons. The third-order valence-corrected chi connectivity index (χ3v) is 4.53. The Hall–Kier alpha value is -0.0800. The molecule has 0 N–H and O–H groups in total. The van der Waals surface area contributed by atoms with Crippen molar-refractivity contribution in [3.05, 3.63) is 0 Å². The van der Waals surface area contributed by atoms with Crippen molar-refractivity contribution in [2.24, 2.45) is 11.8 Å². The fourth-order valence-corrected chi connectivity index (χ4v) is 3.66. The van der Waals surface area contributed by atoms with E-state index in [1.807, 2.05) is 0 Å². The lowest BCUT2D eigenvalue weighted by atomic mass is 9.91. The summed E-state index contributed by atoms with van der Waals surface area (Å²) in [6.45, 7) is 17.1. The summed E-state index contributed by atoms with van der Waals surface area (Å²) in [6, 6.07) is 0.819. The second-order valence-corrected chi connectivity index (χ2v) is 7.46. The van der Waals surface area contributed by atoms with E-state index in [4.69, 9.17) is 0 Å². The van der Waals surface area contributed by atoms with Crippen LogP contribution < -0.4 is 0 Å². The van der Waals surface area contributed by atoms with Crippen LogP contribution in [0.15, 0.2) is 0 Å². The second kappa shape index (κ2) is 4.89. The molecule has 0 spiro atoms. The van der Waals surface area contributed by atoms with Crippen molar-refractivity contribution >= 4 is 0 Å². The van der Waals surface area contributed by atoms with Crippen LogP contribution >= 0.6 is 0 Å². The van der Waals surface area contributed by atoms with E-state index < -0.39 is 0 Å². The quantitative estimate of drug-likeness (QED) is 0.693. The Balaban J connectivity index is 1.92. The van der Waals surface area contributed by atoms with Crippen molar-refractivity contribution in [1.29, 1.82) is 0 Å². The molecule has 0 saturated carbocycles. The van der Waals surface area contributed by atoms with Gasteiger partial charge in [0.25, 0.3) is 0 Å². The summed E-state index contributed by atoms with van der Waals surface area (Å²) >= 11 is 0. The molecule has 2 heterocycles. The predicted molar refractivity (Wildman–Crippen MR) is 74.2 cm³/mol. The molecule has 0 amide bonds. The van der Waals surface area contributed by atoms with Crippen molar-refractivity contribution in [1.82, 2.24) is 9.80 Å². The smallest absolute Gasteiger partial charge is 0.0235 e. The van der Waals surface area contributed by atoms with E-state index in [1.165, 1.54) is 39.0 Å². The maximum atomic E-state index is 2.77. The van der Waals surface area contributed by atoms with Gasteiger partial charge in [0.05, 0.1) is 0 Å². The van der Waals surface area contributed by atoms with Crippen LogP contribution in [0, 0.1) is 11.8 Å². The van der Waals surface area contributed by atoms with E-state index in [9.17, 15) is 0 Å². The Bertz CT molecular complexity index is 246. The standard InChI is InChI=1S/C15H30N2/c1-12-8-13(2)10-16(9-12)14-6-7-17(11-14)15(3,4)5/h12-14H,6-11H2,1-5H3/t12-,13+,14?. The zero-order valence-electron chi connectivity index (χ0n) is 12.4. The number of piperidine rings is 1.